The number of rotatable bonds is 4. The standard InChI is InChI=1S/C17H18ClN3/c1-3-21(14-7-5-4-6-8-14)12(2)17-19-15-10-9-13(18)11-16(15)20-17/h4-12H,3H2,1-2H3,(H,19,20). The van der Waals surface area contributed by atoms with Gasteiger partial charge in [-0.2, -0.15) is 0 Å². The van der Waals surface area contributed by atoms with Crippen molar-refractivity contribution in [2.24, 2.45) is 0 Å². The zero-order valence-corrected chi connectivity index (χ0v) is 12.9. The maximum absolute atomic E-state index is 6.04. The van der Waals surface area contributed by atoms with Crippen molar-refractivity contribution in [1.29, 1.82) is 0 Å². The minimum Gasteiger partial charge on any atom is -0.362 e. The highest BCUT2D eigenvalue weighted by molar-refractivity contribution is 6.31. The number of H-pyrrole nitrogens is 1. The second-order valence-electron chi connectivity index (χ2n) is 5.08. The molecule has 3 aromatic rings. The normalized spacial score (nSPS) is 12.5. The summed E-state index contributed by atoms with van der Waals surface area (Å²) in [6, 6.07) is 16.3. The van der Waals surface area contributed by atoms with Crippen molar-refractivity contribution in [1.82, 2.24) is 9.97 Å². The predicted octanol–water partition coefficient (Wildman–Crippen LogP) is 4.80. The Balaban J connectivity index is 1.96. The number of nitrogens with zero attached hydrogens (tertiary/aromatic N) is 2. The number of imidazole rings is 1. The Labute approximate surface area is 129 Å². The molecule has 0 amide bonds. The zero-order chi connectivity index (χ0) is 14.8. The number of benzene rings is 2. The smallest absolute Gasteiger partial charge is 0.129 e. The van der Waals surface area contributed by atoms with Crippen molar-refractivity contribution in [3.05, 3.63) is 59.4 Å². The Hall–Kier alpha value is -2.00. The Kier molecular flexibility index (Phi) is 3.84. The van der Waals surface area contributed by atoms with E-state index in [1.807, 2.05) is 24.3 Å². The van der Waals surface area contributed by atoms with Crippen LogP contribution in [0.15, 0.2) is 48.5 Å². The summed E-state index contributed by atoms with van der Waals surface area (Å²) in [5.41, 5.74) is 3.13. The van der Waals surface area contributed by atoms with Crippen LogP contribution in [0.25, 0.3) is 11.0 Å². The van der Waals surface area contributed by atoms with E-state index in [1.54, 1.807) is 0 Å². The Morgan fingerprint density at radius 1 is 1.19 bits per heavy atom. The van der Waals surface area contributed by atoms with Crippen molar-refractivity contribution < 1.29 is 0 Å². The quantitative estimate of drug-likeness (QED) is 0.750. The highest BCUT2D eigenvalue weighted by Gasteiger charge is 2.18. The first-order valence-electron chi connectivity index (χ1n) is 7.16. The summed E-state index contributed by atoms with van der Waals surface area (Å²) in [5, 5.41) is 0.723. The van der Waals surface area contributed by atoms with E-state index in [0.29, 0.717) is 0 Å². The average molecular weight is 300 g/mol. The van der Waals surface area contributed by atoms with Crippen LogP contribution in [-0.4, -0.2) is 16.5 Å². The lowest BCUT2D eigenvalue weighted by Gasteiger charge is -2.28. The molecule has 3 nitrogen and oxygen atoms in total. The van der Waals surface area contributed by atoms with E-state index in [2.05, 4.69) is 48.0 Å². The number of halogens is 1. The van der Waals surface area contributed by atoms with Crippen molar-refractivity contribution in [2.75, 3.05) is 11.4 Å². The number of aromatic nitrogens is 2. The molecule has 0 saturated heterocycles. The average Bonchev–Trinajstić information content (AvgIpc) is 2.92. The van der Waals surface area contributed by atoms with Crippen LogP contribution in [0.4, 0.5) is 5.69 Å². The SMILES string of the molecule is CCN(c1ccccc1)C(C)c1nc2ccc(Cl)cc2[nH]1. The van der Waals surface area contributed by atoms with Gasteiger partial charge >= 0.3 is 0 Å². The molecule has 1 heterocycles. The first-order valence-corrected chi connectivity index (χ1v) is 7.53. The van der Waals surface area contributed by atoms with Crippen LogP contribution in [-0.2, 0) is 0 Å². The molecule has 2 aromatic carbocycles. The van der Waals surface area contributed by atoms with E-state index in [1.165, 1.54) is 5.69 Å². The van der Waals surface area contributed by atoms with Crippen LogP contribution in [0.2, 0.25) is 5.02 Å². The predicted molar refractivity (Wildman–Crippen MR) is 89.0 cm³/mol. The van der Waals surface area contributed by atoms with Gasteiger partial charge < -0.3 is 9.88 Å². The first-order chi connectivity index (χ1) is 10.2. The molecule has 3 rings (SSSR count). The van der Waals surface area contributed by atoms with Gasteiger partial charge in [-0.1, -0.05) is 29.8 Å². The van der Waals surface area contributed by atoms with Crippen LogP contribution in [0, 0.1) is 0 Å². The van der Waals surface area contributed by atoms with Gasteiger partial charge in [0.2, 0.25) is 0 Å². The number of para-hydroxylation sites is 1. The molecule has 0 radical (unpaired) electrons. The molecule has 1 aromatic heterocycles. The minimum absolute atomic E-state index is 0.170. The van der Waals surface area contributed by atoms with E-state index in [0.717, 1.165) is 28.4 Å². The van der Waals surface area contributed by atoms with E-state index in [9.17, 15) is 0 Å². The molecule has 0 aliphatic rings. The summed E-state index contributed by atoms with van der Waals surface area (Å²) in [7, 11) is 0. The van der Waals surface area contributed by atoms with Gasteiger partial charge in [-0.15, -0.1) is 0 Å². The molecule has 0 saturated carbocycles. The van der Waals surface area contributed by atoms with Gasteiger partial charge in [0.05, 0.1) is 17.1 Å². The molecule has 0 bridgehead atoms. The Morgan fingerprint density at radius 3 is 2.67 bits per heavy atom. The summed E-state index contributed by atoms with van der Waals surface area (Å²) in [4.78, 5) is 10.4. The van der Waals surface area contributed by atoms with E-state index < -0.39 is 0 Å². The van der Waals surface area contributed by atoms with E-state index in [-0.39, 0.29) is 6.04 Å². The van der Waals surface area contributed by atoms with Gasteiger partial charge in [0, 0.05) is 17.3 Å². The Bertz CT molecular complexity index is 736. The number of aromatic amines is 1. The topological polar surface area (TPSA) is 31.9 Å². The molecule has 0 spiro atoms. The Morgan fingerprint density at radius 2 is 1.95 bits per heavy atom. The van der Waals surface area contributed by atoms with E-state index in [4.69, 9.17) is 16.6 Å². The number of fused-ring (bicyclic) bond motifs is 1. The second-order valence-corrected chi connectivity index (χ2v) is 5.52. The van der Waals surface area contributed by atoms with Crippen LogP contribution in [0.3, 0.4) is 0 Å². The lowest BCUT2D eigenvalue weighted by atomic mass is 10.2. The fourth-order valence-corrected chi connectivity index (χ4v) is 2.82. The number of hydrogen-bond acceptors (Lipinski definition) is 2. The van der Waals surface area contributed by atoms with Gasteiger partial charge in [-0.3, -0.25) is 0 Å². The first kappa shape index (κ1) is 14.0. The third-order valence-electron chi connectivity index (χ3n) is 3.75. The van der Waals surface area contributed by atoms with Gasteiger partial charge in [-0.25, -0.2) is 4.98 Å². The maximum atomic E-state index is 6.04. The van der Waals surface area contributed by atoms with Crippen molar-refractivity contribution in [2.45, 2.75) is 19.9 Å². The molecule has 1 atom stereocenters. The number of hydrogen-bond donors (Lipinski definition) is 1. The molecule has 4 heteroatoms. The number of anilines is 1. The monoisotopic (exact) mass is 299 g/mol. The van der Waals surface area contributed by atoms with Gasteiger partial charge in [-0.05, 0) is 44.2 Å². The fourth-order valence-electron chi connectivity index (χ4n) is 2.65. The van der Waals surface area contributed by atoms with Crippen molar-refractivity contribution >= 4 is 28.3 Å². The third-order valence-corrected chi connectivity index (χ3v) is 3.99. The van der Waals surface area contributed by atoms with Crippen LogP contribution >= 0.6 is 11.6 Å². The van der Waals surface area contributed by atoms with Crippen LogP contribution in [0.5, 0.6) is 0 Å². The molecule has 21 heavy (non-hydrogen) atoms. The summed E-state index contributed by atoms with van der Waals surface area (Å²) >= 11 is 6.04. The molecule has 0 fully saturated rings. The largest absolute Gasteiger partial charge is 0.362 e. The highest BCUT2D eigenvalue weighted by atomic mass is 35.5. The lowest BCUT2D eigenvalue weighted by molar-refractivity contribution is 0.658. The van der Waals surface area contributed by atoms with E-state index >= 15 is 0 Å². The minimum atomic E-state index is 0.170. The maximum Gasteiger partial charge on any atom is 0.129 e. The van der Waals surface area contributed by atoms with Gasteiger partial charge in [0.15, 0.2) is 0 Å². The van der Waals surface area contributed by atoms with Gasteiger partial charge in [0.1, 0.15) is 5.82 Å². The third kappa shape index (κ3) is 2.74. The molecular weight excluding hydrogens is 282 g/mol. The fraction of sp³-hybridized carbons (Fsp3) is 0.235. The molecule has 1 N–H and O–H groups in total. The summed E-state index contributed by atoms with van der Waals surface area (Å²) < 4.78 is 0. The molecular formula is C17H18ClN3. The molecule has 0 aliphatic carbocycles. The van der Waals surface area contributed by atoms with Crippen molar-refractivity contribution in [3.8, 4) is 0 Å². The second kappa shape index (κ2) is 5.78. The van der Waals surface area contributed by atoms with Gasteiger partial charge in [0.25, 0.3) is 0 Å². The lowest BCUT2D eigenvalue weighted by Crippen LogP contribution is -2.27. The zero-order valence-electron chi connectivity index (χ0n) is 12.2. The molecule has 1 unspecified atom stereocenters. The highest BCUT2D eigenvalue weighted by Crippen LogP contribution is 2.27. The van der Waals surface area contributed by atoms with Crippen molar-refractivity contribution in [3.63, 3.8) is 0 Å². The molecule has 0 aliphatic heterocycles. The molecule has 108 valence electrons. The summed E-state index contributed by atoms with van der Waals surface area (Å²) in [5.74, 6) is 0.956. The van der Waals surface area contributed by atoms with Crippen LogP contribution in [0.1, 0.15) is 25.7 Å². The van der Waals surface area contributed by atoms with Crippen LogP contribution < -0.4 is 4.90 Å². The number of nitrogens with one attached hydrogen (secondary N) is 1. The summed E-state index contributed by atoms with van der Waals surface area (Å²) in [6.07, 6.45) is 0. The summed E-state index contributed by atoms with van der Waals surface area (Å²) in [6.45, 7) is 5.24.